The molecule has 2 heterocycles. The SMILES string of the molecule is CCCCn1nc(C)c(C(=O)N2CC[NH+](Cc3cc(F)ccc3OC)CC2)c1Cl. The first-order valence-corrected chi connectivity index (χ1v) is 10.5. The van der Waals surface area contributed by atoms with Crippen LogP contribution in [0.1, 0.15) is 41.4 Å². The standard InChI is InChI=1S/C21H28ClFN4O2/c1-4-5-8-27-20(22)19(15(2)24-27)21(28)26-11-9-25(10-12-26)14-16-13-17(23)6-7-18(16)29-3/h6-7,13H,4-5,8-12,14H2,1-3H3/p+1. The van der Waals surface area contributed by atoms with Crippen LogP contribution in [-0.4, -0.2) is 53.9 Å². The quantitative estimate of drug-likeness (QED) is 0.743. The number of nitrogens with one attached hydrogen (secondary N) is 1. The minimum Gasteiger partial charge on any atom is -0.496 e. The van der Waals surface area contributed by atoms with Crippen LogP contribution >= 0.6 is 11.6 Å². The largest absolute Gasteiger partial charge is 0.496 e. The number of unbranched alkanes of at least 4 members (excludes halogenated alkanes) is 1. The lowest BCUT2D eigenvalue weighted by Gasteiger charge is -2.32. The molecule has 1 N–H and O–H groups in total. The predicted octanol–water partition coefficient (Wildman–Crippen LogP) is 2.33. The van der Waals surface area contributed by atoms with E-state index in [9.17, 15) is 9.18 Å². The molecule has 0 saturated carbocycles. The molecule has 1 aliphatic heterocycles. The van der Waals surface area contributed by atoms with Crippen molar-refractivity contribution in [3.05, 3.63) is 46.0 Å². The second kappa shape index (κ2) is 9.59. The molecular formula is C21H29ClFN4O2+. The molecular weight excluding hydrogens is 395 g/mol. The molecule has 2 aromatic rings. The Bertz CT molecular complexity index is 863. The Kier molecular flexibility index (Phi) is 7.14. The number of quaternary nitrogens is 1. The lowest BCUT2D eigenvalue weighted by atomic mass is 10.1. The van der Waals surface area contributed by atoms with Gasteiger partial charge in [0.05, 0.1) is 50.1 Å². The number of carbonyl (C=O) groups excluding carboxylic acids is 1. The minimum atomic E-state index is -0.265. The first-order valence-electron chi connectivity index (χ1n) is 10.1. The van der Waals surface area contributed by atoms with Gasteiger partial charge in [0, 0.05) is 6.54 Å². The van der Waals surface area contributed by atoms with E-state index < -0.39 is 0 Å². The number of ether oxygens (including phenoxy) is 1. The Morgan fingerprint density at radius 3 is 2.72 bits per heavy atom. The van der Waals surface area contributed by atoms with Crippen LogP contribution in [0.2, 0.25) is 5.15 Å². The fraction of sp³-hybridized carbons (Fsp3) is 0.524. The first kappa shape index (κ1) is 21.6. The monoisotopic (exact) mass is 423 g/mol. The van der Waals surface area contributed by atoms with E-state index in [4.69, 9.17) is 16.3 Å². The van der Waals surface area contributed by atoms with Crippen LogP contribution in [0.3, 0.4) is 0 Å². The highest BCUT2D eigenvalue weighted by Gasteiger charge is 2.29. The molecule has 0 aliphatic carbocycles. The number of hydrogen-bond donors (Lipinski definition) is 1. The molecule has 0 spiro atoms. The number of aryl methyl sites for hydroxylation is 2. The molecule has 29 heavy (non-hydrogen) atoms. The Morgan fingerprint density at radius 1 is 1.34 bits per heavy atom. The van der Waals surface area contributed by atoms with Crippen molar-refractivity contribution in [2.45, 2.75) is 39.8 Å². The summed E-state index contributed by atoms with van der Waals surface area (Å²) in [6.07, 6.45) is 2.01. The van der Waals surface area contributed by atoms with E-state index in [1.165, 1.54) is 17.0 Å². The summed E-state index contributed by atoms with van der Waals surface area (Å²) >= 11 is 6.46. The molecule has 1 saturated heterocycles. The molecule has 0 atom stereocenters. The van der Waals surface area contributed by atoms with Gasteiger partial charge in [-0.3, -0.25) is 9.48 Å². The summed E-state index contributed by atoms with van der Waals surface area (Å²) in [5, 5.41) is 4.88. The van der Waals surface area contributed by atoms with Gasteiger partial charge in [0.2, 0.25) is 0 Å². The van der Waals surface area contributed by atoms with E-state index >= 15 is 0 Å². The Labute approximate surface area is 176 Å². The average molecular weight is 424 g/mol. The maximum absolute atomic E-state index is 13.6. The number of piperazine rings is 1. The van der Waals surface area contributed by atoms with Gasteiger partial charge >= 0.3 is 0 Å². The number of aromatic nitrogens is 2. The van der Waals surface area contributed by atoms with Crippen LogP contribution in [0.25, 0.3) is 0 Å². The molecule has 1 amide bonds. The molecule has 0 radical (unpaired) electrons. The zero-order chi connectivity index (χ0) is 21.0. The van der Waals surface area contributed by atoms with E-state index in [0.29, 0.717) is 41.8 Å². The lowest BCUT2D eigenvalue weighted by Crippen LogP contribution is -3.13. The molecule has 0 bridgehead atoms. The predicted molar refractivity (Wildman–Crippen MR) is 110 cm³/mol. The highest BCUT2D eigenvalue weighted by Crippen LogP contribution is 2.22. The molecule has 0 unspecified atom stereocenters. The summed E-state index contributed by atoms with van der Waals surface area (Å²) in [5.41, 5.74) is 2.03. The van der Waals surface area contributed by atoms with Crippen molar-refractivity contribution in [1.29, 1.82) is 0 Å². The fourth-order valence-corrected chi connectivity index (χ4v) is 4.11. The van der Waals surface area contributed by atoms with Gasteiger partial charge < -0.3 is 14.5 Å². The average Bonchev–Trinajstić information content (AvgIpc) is 3.00. The summed E-state index contributed by atoms with van der Waals surface area (Å²) in [5.74, 6) is 0.371. The Balaban J connectivity index is 1.63. The van der Waals surface area contributed by atoms with Gasteiger partial charge in [-0.15, -0.1) is 0 Å². The smallest absolute Gasteiger partial charge is 0.259 e. The minimum absolute atomic E-state index is 0.0577. The van der Waals surface area contributed by atoms with E-state index in [1.807, 2.05) is 11.8 Å². The molecule has 1 aliphatic rings. The molecule has 6 nitrogen and oxygen atoms in total. The Morgan fingerprint density at radius 2 is 2.07 bits per heavy atom. The van der Waals surface area contributed by atoms with Crippen LogP contribution in [-0.2, 0) is 13.1 Å². The second-order valence-corrected chi connectivity index (χ2v) is 7.86. The highest BCUT2D eigenvalue weighted by atomic mass is 35.5. The molecule has 1 aromatic carbocycles. The third-order valence-corrected chi connectivity index (χ3v) is 5.83. The number of rotatable bonds is 7. The van der Waals surface area contributed by atoms with Crippen molar-refractivity contribution < 1.29 is 18.8 Å². The number of benzene rings is 1. The van der Waals surface area contributed by atoms with Crippen LogP contribution in [0, 0.1) is 12.7 Å². The second-order valence-electron chi connectivity index (χ2n) is 7.50. The number of amides is 1. The summed E-state index contributed by atoms with van der Waals surface area (Å²) in [7, 11) is 1.59. The highest BCUT2D eigenvalue weighted by molar-refractivity contribution is 6.33. The number of halogens is 2. The zero-order valence-electron chi connectivity index (χ0n) is 17.3. The van der Waals surface area contributed by atoms with Crippen molar-refractivity contribution in [2.24, 2.45) is 0 Å². The van der Waals surface area contributed by atoms with Crippen LogP contribution in [0.5, 0.6) is 5.75 Å². The van der Waals surface area contributed by atoms with Gasteiger partial charge in [-0.25, -0.2) is 4.39 Å². The van der Waals surface area contributed by atoms with Gasteiger partial charge in [0.15, 0.2) is 0 Å². The zero-order valence-corrected chi connectivity index (χ0v) is 18.1. The fourth-order valence-electron chi connectivity index (χ4n) is 3.77. The summed E-state index contributed by atoms with van der Waals surface area (Å²) in [6, 6.07) is 4.59. The van der Waals surface area contributed by atoms with Gasteiger partial charge in [-0.2, -0.15) is 5.10 Å². The van der Waals surface area contributed by atoms with Gasteiger partial charge in [0.25, 0.3) is 5.91 Å². The number of methoxy groups -OCH3 is 1. The van der Waals surface area contributed by atoms with Gasteiger partial charge in [-0.1, -0.05) is 24.9 Å². The summed E-state index contributed by atoms with van der Waals surface area (Å²) in [6.45, 7) is 8.15. The Hall–Kier alpha value is -2.12. The van der Waals surface area contributed by atoms with Crippen molar-refractivity contribution in [3.8, 4) is 5.75 Å². The third-order valence-electron chi connectivity index (χ3n) is 5.44. The number of carbonyl (C=O) groups is 1. The summed E-state index contributed by atoms with van der Waals surface area (Å²) in [4.78, 5) is 16.2. The molecule has 1 fully saturated rings. The number of nitrogens with zero attached hydrogens (tertiary/aromatic N) is 3. The number of hydrogen-bond acceptors (Lipinski definition) is 3. The van der Waals surface area contributed by atoms with E-state index in [1.54, 1.807) is 17.9 Å². The molecule has 158 valence electrons. The van der Waals surface area contributed by atoms with E-state index in [2.05, 4.69) is 12.0 Å². The first-order chi connectivity index (χ1) is 13.9. The molecule has 3 rings (SSSR count). The normalized spacial score (nSPS) is 15.0. The maximum atomic E-state index is 13.6. The van der Waals surface area contributed by atoms with Gasteiger partial charge in [-0.05, 0) is 31.5 Å². The van der Waals surface area contributed by atoms with Crippen molar-refractivity contribution >= 4 is 17.5 Å². The lowest BCUT2D eigenvalue weighted by molar-refractivity contribution is -0.917. The van der Waals surface area contributed by atoms with Crippen LogP contribution < -0.4 is 9.64 Å². The van der Waals surface area contributed by atoms with Gasteiger partial charge in [0.1, 0.15) is 23.3 Å². The van der Waals surface area contributed by atoms with Crippen LogP contribution in [0.4, 0.5) is 4.39 Å². The topological polar surface area (TPSA) is 51.8 Å². The van der Waals surface area contributed by atoms with Crippen LogP contribution in [0.15, 0.2) is 18.2 Å². The molecule has 1 aromatic heterocycles. The summed E-state index contributed by atoms with van der Waals surface area (Å²) < 4.78 is 20.7. The maximum Gasteiger partial charge on any atom is 0.259 e. The van der Waals surface area contributed by atoms with E-state index in [0.717, 1.165) is 38.0 Å². The van der Waals surface area contributed by atoms with Crippen molar-refractivity contribution in [2.75, 3.05) is 33.3 Å². The molecule has 8 heteroatoms. The van der Waals surface area contributed by atoms with Crippen molar-refractivity contribution in [3.63, 3.8) is 0 Å². The van der Waals surface area contributed by atoms with E-state index in [-0.39, 0.29) is 11.7 Å². The van der Waals surface area contributed by atoms with Crippen molar-refractivity contribution in [1.82, 2.24) is 14.7 Å². The third kappa shape index (κ3) is 4.90.